The zero-order valence-corrected chi connectivity index (χ0v) is 16.0. The van der Waals surface area contributed by atoms with Crippen LogP contribution in [0.1, 0.15) is 11.5 Å². The van der Waals surface area contributed by atoms with Crippen molar-refractivity contribution in [2.75, 3.05) is 33.2 Å². The summed E-state index contributed by atoms with van der Waals surface area (Å²) in [7, 11) is -2.34. The number of rotatable bonds is 6. The van der Waals surface area contributed by atoms with Crippen molar-refractivity contribution in [3.8, 4) is 0 Å². The van der Waals surface area contributed by atoms with Gasteiger partial charge in [-0.15, -0.1) is 0 Å². The van der Waals surface area contributed by atoms with Crippen molar-refractivity contribution in [1.29, 1.82) is 0 Å². The Morgan fingerprint density at radius 3 is 2.59 bits per heavy atom. The highest BCUT2D eigenvalue weighted by Gasteiger charge is 2.36. The van der Waals surface area contributed by atoms with Crippen molar-refractivity contribution in [2.24, 2.45) is 11.7 Å². The quantitative estimate of drug-likeness (QED) is 0.793. The lowest BCUT2D eigenvalue weighted by molar-refractivity contribution is -0.130. The number of nitrogens with two attached hydrogens (primary N) is 1. The van der Waals surface area contributed by atoms with E-state index in [1.807, 2.05) is 30.3 Å². The SMILES string of the molecule is CN(CC(=O)N1C[C@@H](CN)[C@H](c2ccccc2)C1)S(=O)(=O)c1cccnc1. The van der Waals surface area contributed by atoms with E-state index in [1.54, 1.807) is 11.0 Å². The van der Waals surface area contributed by atoms with E-state index in [1.165, 1.54) is 25.5 Å². The Morgan fingerprint density at radius 1 is 1.22 bits per heavy atom. The molecular weight excluding hydrogens is 364 g/mol. The third-order valence-corrected chi connectivity index (χ3v) is 6.81. The van der Waals surface area contributed by atoms with Crippen LogP contribution in [0.3, 0.4) is 0 Å². The van der Waals surface area contributed by atoms with E-state index in [0.717, 1.165) is 9.87 Å². The number of likely N-dealkylation sites (tertiary alicyclic amines) is 1. The van der Waals surface area contributed by atoms with E-state index in [-0.39, 0.29) is 29.2 Å². The third kappa shape index (κ3) is 4.18. The van der Waals surface area contributed by atoms with Gasteiger partial charge in [0.2, 0.25) is 15.9 Å². The average molecular weight is 388 g/mol. The Morgan fingerprint density at radius 2 is 1.96 bits per heavy atom. The zero-order chi connectivity index (χ0) is 19.4. The molecule has 1 aromatic heterocycles. The first kappa shape index (κ1) is 19.5. The number of hydrogen-bond acceptors (Lipinski definition) is 5. The lowest BCUT2D eigenvalue weighted by Crippen LogP contribution is -2.40. The summed E-state index contributed by atoms with van der Waals surface area (Å²) in [6.07, 6.45) is 2.78. The maximum Gasteiger partial charge on any atom is 0.244 e. The number of nitrogens with zero attached hydrogens (tertiary/aromatic N) is 3. The standard InChI is InChI=1S/C19H24N4O3S/c1-22(27(25,26)17-8-5-9-21-11-17)14-19(24)23-12-16(10-20)18(13-23)15-6-3-2-4-7-15/h2-9,11,16,18H,10,12-14,20H2,1H3/t16-,18+/m1/s1. The Kier molecular flexibility index (Phi) is 5.88. The molecule has 2 heterocycles. The predicted molar refractivity (Wildman–Crippen MR) is 102 cm³/mol. The molecule has 0 radical (unpaired) electrons. The number of likely N-dealkylation sites (N-methyl/N-ethyl adjacent to an activating group) is 1. The molecule has 8 heteroatoms. The number of pyridine rings is 1. The molecule has 1 aromatic carbocycles. The fraction of sp³-hybridized carbons (Fsp3) is 0.368. The smallest absolute Gasteiger partial charge is 0.244 e. The molecule has 2 N–H and O–H groups in total. The van der Waals surface area contributed by atoms with Gasteiger partial charge in [0.25, 0.3) is 0 Å². The largest absolute Gasteiger partial charge is 0.341 e. The van der Waals surface area contributed by atoms with Crippen LogP contribution in [-0.2, 0) is 14.8 Å². The molecule has 1 saturated heterocycles. The molecule has 2 atom stereocenters. The third-order valence-electron chi connectivity index (χ3n) is 5.02. The van der Waals surface area contributed by atoms with Gasteiger partial charge in [-0.2, -0.15) is 4.31 Å². The van der Waals surface area contributed by atoms with Crippen LogP contribution in [0.2, 0.25) is 0 Å². The molecule has 0 spiro atoms. The normalized spacial score (nSPS) is 20.2. The monoisotopic (exact) mass is 388 g/mol. The minimum atomic E-state index is -3.75. The number of carbonyl (C=O) groups is 1. The summed E-state index contributed by atoms with van der Waals surface area (Å²) in [6, 6.07) is 13.0. The predicted octanol–water partition coefficient (Wildman–Crippen LogP) is 0.903. The molecule has 2 aromatic rings. The molecule has 0 aliphatic carbocycles. The van der Waals surface area contributed by atoms with Crippen LogP contribution in [0.25, 0.3) is 0 Å². The van der Waals surface area contributed by atoms with E-state index < -0.39 is 10.0 Å². The first-order chi connectivity index (χ1) is 12.9. The van der Waals surface area contributed by atoms with E-state index >= 15 is 0 Å². The number of benzene rings is 1. The minimum Gasteiger partial charge on any atom is -0.341 e. The van der Waals surface area contributed by atoms with Crippen LogP contribution in [0.5, 0.6) is 0 Å². The molecule has 7 nitrogen and oxygen atoms in total. The molecule has 1 fully saturated rings. The van der Waals surface area contributed by atoms with Gasteiger partial charge < -0.3 is 10.6 Å². The van der Waals surface area contributed by atoms with Gasteiger partial charge in [-0.05, 0) is 30.2 Å². The van der Waals surface area contributed by atoms with Crippen molar-refractivity contribution in [1.82, 2.24) is 14.2 Å². The summed E-state index contributed by atoms with van der Waals surface area (Å²) in [4.78, 5) is 18.4. The highest BCUT2D eigenvalue weighted by Crippen LogP contribution is 2.32. The van der Waals surface area contributed by atoms with Gasteiger partial charge in [-0.3, -0.25) is 9.78 Å². The number of aromatic nitrogens is 1. The van der Waals surface area contributed by atoms with E-state index in [0.29, 0.717) is 19.6 Å². The molecule has 1 amide bonds. The average Bonchev–Trinajstić information content (AvgIpc) is 3.14. The van der Waals surface area contributed by atoms with E-state index in [9.17, 15) is 13.2 Å². The summed E-state index contributed by atoms with van der Waals surface area (Å²) in [5.74, 6) is 0.110. The van der Waals surface area contributed by atoms with Crippen LogP contribution < -0.4 is 5.73 Å². The van der Waals surface area contributed by atoms with Gasteiger partial charge >= 0.3 is 0 Å². The first-order valence-corrected chi connectivity index (χ1v) is 10.3. The highest BCUT2D eigenvalue weighted by molar-refractivity contribution is 7.89. The number of sulfonamides is 1. The molecule has 27 heavy (non-hydrogen) atoms. The maximum atomic E-state index is 12.7. The molecule has 1 aliphatic rings. The van der Waals surface area contributed by atoms with Gasteiger partial charge in [0.1, 0.15) is 4.90 Å². The summed E-state index contributed by atoms with van der Waals surface area (Å²) < 4.78 is 26.2. The molecule has 144 valence electrons. The van der Waals surface area contributed by atoms with Gasteiger partial charge in [0, 0.05) is 38.4 Å². The lowest BCUT2D eigenvalue weighted by Gasteiger charge is -2.21. The fourth-order valence-corrected chi connectivity index (χ4v) is 4.53. The lowest BCUT2D eigenvalue weighted by atomic mass is 9.89. The number of hydrogen-bond donors (Lipinski definition) is 1. The second-order valence-corrected chi connectivity index (χ2v) is 8.81. The minimum absolute atomic E-state index is 0.0729. The van der Waals surface area contributed by atoms with Gasteiger partial charge in [0.15, 0.2) is 0 Å². The summed E-state index contributed by atoms with van der Waals surface area (Å²) in [6.45, 7) is 1.35. The summed E-state index contributed by atoms with van der Waals surface area (Å²) >= 11 is 0. The molecule has 0 bridgehead atoms. The van der Waals surface area contributed by atoms with Crippen LogP contribution >= 0.6 is 0 Å². The van der Waals surface area contributed by atoms with Crippen LogP contribution in [0, 0.1) is 5.92 Å². The summed E-state index contributed by atoms with van der Waals surface area (Å²) in [5.41, 5.74) is 7.07. The van der Waals surface area contributed by atoms with Crippen molar-refractivity contribution < 1.29 is 13.2 Å². The second-order valence-electron chi connectivity index (χ2n) is 6.76. The van der Waals surface area contributed by atoms with Crippen molar-refractivity contribution in [3.05, 3.63) is 60.4 Å². The zero-order valence-electron chi connectivity index (χ0n) is 15.2. The topological polar surface area (TPSA) is 96.6 Å². The second kappa shape index (κ2) is 8.16. The van der Waals surface area contributed by atoms with Gasteiger partial charge in [-0.25, -0.2) is 8.42 Å². The number of amides is 1. The van der Waals surface area contributed by atoms with Crippen molar-refractivity contribution >= 4 is 15.9 Å². The van der Waals surface area contributed by atoms with E-state index in [2.05, 4.69) is 4.98 Å². The molecule has 0 saturated carbocycles. The van der Waals surface area contributed by atoms with Crippen LogP contribution in [0.4, 0.5) is 0 Å². The Labute approximate surface area is 159 Å². The summed E-state index contributed by atoms with van der Waals surface area (Å²) in [5, 5.41) is 0. The van der Waals surface area contributed by atoms with Gasteiger partial charge in [0.05, 0.1) is 6.54 Å². The first-order valence-electron chi connectivity index (χ1n) is 8.82. The highest BCUT2D eigenvalue weighted by atomic mass is 32.2. The molecular formula is C19H24N4O3S. The number of carbonyl (C=O) groups excluding carboxylic acids is 1. The van der Waals surface area contributed by atoms with Crippen LogP contribution in [-0.4, -0.2) is 61.7 Å². The Balaban J connectivity index is 1.69. The molecule has 3 rings (SSSR count). The fourth-order valence-electron chi connectivity index (χ4n) is 3.45. The maximum absolute atomic E-state index is 12.7. The van der Waals surface area contributed by atoms with E-state index in [4.69, 9.17) is 5.73 Å². The van der Waals surface area contributed by atoms with Crippen molar-refractivity contribution in [2.45, 2.75) is 10.8 Å². The molecule has 1 aliphatic heterocycles. The Bertz CT molecular complexity index is 874. The molecule has 0 unspecified atom stereocenters. The van der Waals surface area contributed by atoms with Crippen molar-refractivity contribution in [3.63, 3.8) is 0 Å². The Hall–Kier alpha value is -2.29. The van der Waals surface area contributed by atoms with Gasteiger partial charge in [-0.1, -0.05) is 30.3 Å². The van der Waals surface area contributed by atoms with Crippen LogP contribution in [0.15, 0.2) is 59.8 Å².